The number of nitrogens with zero attached hydrogens (tertiary/aromatic N) is 1. The molecule has 0 radical (unpaired) electrons. The zero-order valence-corrected chi connectivity index (χ0v) is 9.39. The molecule has 0 N–H and O–H groups in total. The molecule has 0 aliphatic heterocycles. The van der Waals surface area contributed by atoms with E-state index in [1.165, 1.54) is 5.56 Å². The van der Waals surface area contributed by atoms with Crippen LogP contribution in [-0.2, 0) is 6.54 Å². The molecule has 1 rings (SSSR count). The summed E-state index contributed by atoms with van der Waals surface area (Å²) >= 11 is 0. The average Bonchev–Trinajstić information content (AvgIpc) is 2.28. The second-order valence-corrected chi connectivity index (χ2v) is 3.54. The smallest absolute Gasteiger partial charge is 0.0240 e. The van der Waals surface area contributed by atoms with Crippen molar-refractivity contribution >= 4 is 0 Å². The first-order chi connectivity index (χ1) is 7.36. The predicted octanol–water partition coefficient (Wildman–Crippen LogP) is 3.25. The summed E-state index contributed by atoms with van der Waals surface area (Å²) in [5.74, 6) is 0. The summed E-state index contributed by atoms with van der Waals surface area (Å²) in [6, 6.07) is 10.5. The number of rotatable bonds is 6. The van der Waals surface area contributed by atoms with E-state index in [-0.39, 0.29) is 0 Å². The molecule has 1 heteroatoms. The molecule has 0 fully saturated rings. The summed E-state index contributed by atoms with van der Waals surface area (Å²) < 4.78 is 0. The summed E-state index contributed by atoms with van der Waals surface area (Å²) in [6.45, 7) is 8.73. The molecule has 1 aromatic carbocycles. The average molecular weight is 201 g/mol. The highest BCUT2D eigenvalue weighted by molar-refractivity contribution is 5.14. The zero-order valence-electron chi connectivity index (χ0n) is 9.39. The van der Waals surface area contributed by atoms with E-state index < -0.39 is 0 Å². The number of hydrogen-bond acceptors (Lipinski definition) is 1. The fourth-order valence-corrected chi connectivity index (χ4v) is 1.48. The third-order valence-corrected chi connectivity index (χ3v) is 2.24. The second-order valence-electron chi connectivity index (χ2n) is 3.54. The van der Waals surface area contributed by atoms with Crippen molar-refractivity contribution in [1.82, 2.24) is 4.90 Å². The van der Waals surface area contributed by atoms with Crippen LogP contribution in [0, 0.1) is 0 Å². The van der Waals surface area contributed by atoms with Crippen LogP contribution in [0.3, 0.4) is 0 Å². The van der Waals surface area contributed by atoms with Gasteiger partial charge in [-0.05, 0) is 12.5 Å². The molecule has 15 heavy (non-hydrogen) atoms. The van der Waals surface area contributed by atoms with Gasteiger partial charge in [0, 0.05) is 19.6 Å². The molecule has 0 amide bonds. The number of hydrogen-bond donors (Lipinski definition) is 0. The first kappa shape index (κ1) is 11.7. The van der Waals surface area contributed by atoms with Crippen LogP contribution in [0.5, 0.6) is 0 Å². The quantitative estimate of drug-likeness (QED) is 0.639. The van der Waals surface area contributed by atoms with Crippen LogP contribution in [0.15, 0.2) is 55.1 Å². The molecule has 1 aromatic rings. The molecular weight excluding hydrogens is 182 g/mol. The normalized spacial score (nSPS) is 11.1. The minimum absolute atomic E-state index is 0.930. The van der Waals surface area contributed by atoms with E-state index in [9.17, 15) is 0 Å². The maximum atomic E-state index is 3.78. The van der Waals surface area contributed by atoms with Gasteiger partial charge in [-0.25, -0.2) is 0 Å². The van der Waals surface area contributed by atoms with E-state index in [0.717, 1.165) is 19.6 Å². The molecule has 80 valence electrons. The molecule has 0 bridgehead atoms. The van der Waals surface area contributed by atoms with Crippen molar-refractivity contribution in [2.45, 2.75) is 13.5 Å². The van der Waals surface area contributed by atoms with Gasteiger partial charge in [-0.1, -0.05) is 48.6 Å². The van der Waals surface area contributed by atoms with E-state index in [4.69, 9.17) is 0 Å². The second kappa shape index (κ2) is 7.02. The highest BCUT2D eigenvalue weighted by Crippen LogP contribution is 2.04. The molecule has 0 spiro atoms. The summed E-state index contributed by atoms with van der Waals surface area (Å²) in [7, 11) is 0. The van der Waals surface area contributed by atoms with Crippen molar-refractivity contribution in [2.24, 2.45) is 0 Å². The molecule has 0 aliphatic rings. The van der Waals surface area contributed by atoms with Gasteiger partial charge in [0.15, 0.2) is 0 Å². The lowest BCUT2D eigenvalue weighted by molar-refractivity contribution is 0.327. The topological polar surface area (TPSA) is 3.24 Å². The Bertz CT molecular complexity index is 300. The van der Waals surface area contributed by atoms with E-state index in [2.05, 4.69) is 54.8 Å². The summed E-state index contributed by atoms with van der Waals surface area (Å²) in [5.41, 5.74) is 1.35. The predicted molar refractivity (Wildman–Crippen MR) is 66.7 cm³/mol. The Morgan fingerprint density at radius 2 is 1.93 bits per heavy atom. The maximum Gasteiger partial charge on any atom is 0.0240 e. The van der Waals surface area contributed by atoms with E-state index in [1.54, 1.807) is 0 Å². The molecule has 1 nitrogen and oxygen atoms in total. The lowest BCUT2D eigenvalue weighted by atomic mass is 10.2. The largest absolute Gasteiger partial charge is 0.292 e. The molecule has 0 aromatic heterocycles. The van der Waals surface area contributed by atoms with Crippen LogP contribution in [0.4, 0.5) is 0 Å². The van der Waals surface area contributed by atoms with Crippen molar-refractivity contribution in [3.05, 3.63) is 60.7 Å². The Kier molecular flexibility index (Phi) is 5.49. The first-order valence-electron chi connectivity index (χ1n) is 5.35. The van der Waals surface area contributed by atoms with Gasteiger partial charge >= 0.3 is 0 Å². The van der Waals surface area contributed by atoms with Gasteiger partial charge in [0.1, 0.15) is 0 Å². The Morgan fingerprint density at radius 1 is 1.20 bits per heavy atom. The van der Waals surface area contributed by atoms with Crippen LogP contribution in [0.1, 0.15) is 12.5 Å². The van der Waals surface area contributed by atoms with Gasteiger partial charge in [-0.2, -0.15) is 0 Å². The third kappa shape index (κ3) is 4.61. The van der Waals surface area contributed by atoms with Crippen molar-refractivity contribution in [3.8, 4) is 0 Å². The third-order valence-electron chi connectivity index (χ3n) is 2.24. The molecule has 0 heterocycles. The van der Waals surface area contributed by atoms with Crippen LogP contribution in [0.25, 0.3) is 0 Å². The first-order valence-corrected chi connectivity index (χ1v) is 5.35. The van der Waals surface area contributed by atoms with E-state index in [1.807, 2.05) is 12.1 Å². The van der Waals surface area contributed by atoms with Crippen LogP contribution >= 0.6 is 0 Å². The fraction of sp³-hybridized carbons (Fsp3) is 0.286. The Balaban J connectivity index is 2.54. The molecule has 0 aliphatic carbocycles. The molecular formula is C14H19N. The lowest BCUT2D eigenvalue weighted by Gasteiger charge is -2.18. The Morgan fingerprint density at radius 3 is 2.53 bits per heavy atom. The lowest BCUT2D eigenvalue weighted by Crippen LogP contribution is -2.23. The van der Waals surface area contributed by atoms with Gasteiger partial charge in [-0.3, -0.25) is 4.90 Å². The highest BCUT2D eigenvalue weighted by Gasteiger charge is 2.00. The van der Waals surface area contributed by atoms with Gasteiger partial charge in [0.2, 0.25) is 0 Å². The van der Waals surface area contributed by atoms with Crippen molar-refractivity contribution in [2.75, 3.05) is 13.1 Å². The van der Waals surface area contributed by atoms with Gasteiger partial charge in [0.05, 0.1) is 0 Å². The Labute approximate surface area is 92.7 Å². The van der Waals surface area contributed by atoms with Gasteiger partial charge in [-0.15, -0.1) is 6.58 Å². The van der Waals surface area contributed by atoms with Crippen molar-refractivity contribution in [1.29, 1.82) is 0 Å². The summed E-state index contributed by atoms with van der Waals surface area (Å²) in [6.07, 6.45) is 6.21. The van der Waals surface area contributed by atoms with Crippen LogP contribution < -0.4 is 0 Å². The standard InChI is InChI=1S/C14H19N/c1-3-5-12-15(11-4-2)13-14-9-7-6-8-10-14/h3-10H,2,11-13H2,1H3/b5-3+. The molecule has 0 unspecified atom stereocenters. The van der Waals surface area contributed by atoms with E-state index >= 15 is 0 Å². The minimum Gasteiger partial charge on any atom is -0.292 e. The monoisotopic (exact) mass is 201 g/mol. The number of allylic oxidation sites excluding steroid dienone is 1. The van der Waals surface area contributed by atoms with Gasteiger partial charge < -0.3 is 0 Å². The molecule has 0 saturated carbocycles. The fourth-order valence-electron chi connectivity index (χ4n) is 1.48. The number of benzene rings is 1. The van der Waals surface area contributed by atoms with Crippen LogP contribution in [0.2, 0.25) is 0 Å². The SMILES string of the molecule is C=CCN(C/C=C/C)Cc1ccccc1. The summed E-state index contributed by atoms with van der Waals surface area (Å²) in [5, 5.41) is 0. The zero-order chi connectivity index (χ0) is 10.9. The van der Waals surface area contributed by atoms with Gasteiger partial charge in [0.25, 0.3) is 0 Å². The van der Waals surface area contributed by atoms with Crippen molar-refractivity contribution < 1.29 is 0 Å². The minimum atomic E-state index is 0.930. The molecule has 0 atom stereocenters. The molecule has 0 saturated heterocycles. The summed E-state index contributed by atoms with van der Waals surface area (Å²) in [4.78, 5) is 2.35. The van der Waals surface area contributed by atoms with E-state index in [0.29, 0.717) is 0 Å². The maximum absolute atomic E-state index is 3.78. The van der Waals surface area contributed by atoms with Crippen molar-refractivity contribution in [3.63, 3.8) is 0 Å². The van der Waals surface area contributed by atoms with Crippen LogP contribution in [-0.4, -0.2) is 18.0 Å². The Hall–Kier alpha value is -1.34. The highest BCUT2D eigenvalue weighted by atomic mass is 15.1.